The number of alkyl halides is 2. The number of carbonyl (C=O) groups is 1. The van der Waals surface area contributed by atoms with Crippen molar-refractivity contribution in [3.05, 3.63) is 29.2 Å². The lowest BCUT2D eigenvalue weighted by Crippen LogP contribution is -2.39. The molecule has 1 saturated carbocycles. The first-order valence-corrected chi connectivity index (χ1v) is 8.50. The SMILES string of the molecule is C[C@@H]1CCCN(C(=O)c2cnn3c(C(F)F)cc(C4CC4)nc23)C1. The number of halogens is 2. The van der Waals surface area contributed by atoms with Gasteiger partial charge in [-0.1, -0.05) is 6.92 Å². The molecule has 0 radical (unpaired) electrons. The zero-order chi connectivity index (χ0) is 16.8. The van der Waals surface area contributed by atoms with Crippen LogP contribution in [0.25, 0.3) is 5.65 Å². The van der Waals surface area contributed by atoms with E-state index in [2.05, 4.69) is 17.0 Å². The van der Waals surface area contributed by atoms with Gasteiger partial charge >= 0.3 is 0 Å². The molecule has 1 saturated heterocycles. The van der Waals surface area contributed by atoms with Gasteiger partial charge in [0, 0.05) is 24.7 Å². The first-order valence-electron chi connectivity index (χ1n) is 8.50. The lowest BCUT2D eigenvalue weighted by atomic mass is 10.00. The molecule has 128 valence electrons. The zero-order valence-electron chi connectivity index (χ0n) is 13.6. The number of piperidine rings is 1. The predicted molar refractivity (Wildman–Crippen MR) is 84.2 cm³/mol. The molecular weight excluding hydrogens is 314 g/mol. The van der Waals surface area contributed by atoms with Crippen LogP contribution in [-0.4, -0.2) is 38.5 Å². The van der Waals surface area contributed by atoms with E-state index in [-0.39, 0.29) is 23.2 Å². The minimum Gasteiger partial charge on any atom is -0.338 e. The fourth-order valence-corrected chi connectivity index (χ4v) is 3.44. The third-order valence-electron chi connectivity index (χ3n) is 4.91. The van der Waals surface area contributed by atoms with Crippen molar-refractivity contribution < 1.29 is 13.6 Å². The van der Waals surface area contributed by atoms with Crippen molar-refractivity contribution in [1.82, 2.24) is 19.5 Å². The molecule has 2 aliphatic rings. The second-order valence-corrected chi connectivity index (χ2v) is 6.97. The number of rotatable bonds is 3. The second kappa shape index (κ2) is 5.79. The molecule has 2 aromatic rings. The molecule has 1 aliphatic carbocycles. The number of carbonyl (C=O) groups excluding carboxylic acids is 1. The van der Waals surface area contributed by atoms with Gasteiger partial charge in [0.15, 0.2) is 5.65 Å². The highest BCUT2D eigenvalue weighted by molar-refractivity contribution is 5.99. The Morgan fingerprint density at radius 2 is 2.12 bits per heavy atom. The second-order valence-electron chi connectivity index (χ2n) is 6.97. The molecule has 0 aromatic carbocycles. The highest BCUT2D eigenvalue weighted by Gasteiger charge is 2.30. The minimum atomic E-state index is -2.65. The fraction of sp³-hybridized carbons (Fsp3) is 0.588. The number of hydrogen-bond donors (Lipinski definition) is 0. The van der Waals surface area contributed by atoms with E-state index >= 15 is 0 Å². The van der Waals surface area contributed by atoms with E-state index in [1.165, 1.54) is 12.3 Å². The van der Waals surface area contributed by atoms with Gasteiger partial charge in [-0.15, -0.1) is 0 Å². The fourth-order valence-electron chi connectivity index (χ4n) is 3.44. The lowest BCUT2D eigenvalue weighted by molar-refractivity contribution is 0.0684. The number of hydrogen-bond acceptors (Lipinski definition) is 3. The Kier molecular flexibility index (Phi) is 3.73. The molecule has 5 nitrogen and oxygen atoms in total. The molecule has 0 unspecified atom stereocenters. The standard InChI is InChI=1S/C17H20F2N4O/c1-10-3-2-6-22(9-10)17(24)12-8-20-23-14(15(18)19)7-13(11-4-5-11)21-16(12)23/h7-8,10-11,15H,2-6,9H2,1H3/t10-/m1/s1. The van der Waals surface area contributed by atoms with Crippen molar-refractivity contribution in [3.8, 4) is 0 Å². The molecule has 1 amide bonds. The normalized spacial score (nSPS) is 21.7. The van der Waals surface area contributed by atoms with E-state index in [0.717, 1.165) is 30.2 Å². The van der Waals surface area contributed by atoms with Gasteiger partial charge < -0.3 is 4.90 Å². The molecule has 0 N–H and O–H groups in total. The molecule has 1 atom stereocenters. The van der Waals surface area contributed by atoms with Crippen molar-refractivity contribution >= 4 is 11.6 Å². The summed E-state index contributed by atoms with van der Waals surface area (Å²) in [6, 6.07) is 1.43. The summed E-state index contributed by atoms with van der Waals surface area (Å²) in [6.45, 7) is 3.51. The third kappa shape index (κ3) is 2.65. The van der Waals surface area contributed by atoms with Crippen molar-refractivity contribution in [2.45, 2.75) is 45.0 Å². The quantitative estimate of drug-likeness (QED) is 0.864. The number of nitrogens with zero attached hydrogens (tertiary/aromatic N) is 4. The Balaban J connectivity index is 1.77. The van der Waals surface area contributed by atoms with Crippen LogP contribution in [0.1, 0.15) is 66.7 Å². The van der Waals surface area contributed by atoms with Gasteiger partial charge in [-0.05, 0) is 37.7 Å². The molecule has 2 fully saturated rings. The van der Waals surface area contributed by atoms with Crippen LogP contribution in [-0.2, 0) is 0 Å². The predicted octanol–water partition coefficient (Wildman–Crippen LogP) is 3.42. The Hall–Kier alpha value is -2.05. The van der Waals surface area contributed by atoms with Crippen molar-refractivity contribution in [1.29, 1.82) is 0 Å². The van der Waals surface area contributed by atoms with Crippen molar-refractivity contribution in [2.24, 2.45) is 5.92 Å². The van der Waals surface area contributed by atoms with Gasteiger partial charge in [0.2, 0.25) is 0 Å². The van der Waals surface area contributed by atoms with Crippen LogP contribution in [0.4, 0.5) is 8.78 Å². The Morgan fingerprint density at radius 1 is 1.33 bits per heavy atom. The smallest absolute Gasteiger partial charge is 0.280 e. The number of aromatic nitrogens is 3. The van der Waals surface area contributed by atoms with Crippen molar-refractivity contribution in [3.63, 3.8) is 0 Å². The zero-order valence-corrected chi connectivity index (χ0v) is 13.6. The molecule has 4 rings (SSSR count). The van der Waals surface area contributed by atoms with Crippen LogP contribution in [0.5, 0.6) is 0 Å². The lowest BCUT2D eigenvalue weighted by Gasteiger charge is -2.30. The first kappa shape index (κ1) is 15.5. The summed E-state index contributed by atoms with van der Waals surface area (Å²) in [7, 11) is 0. The van der Waals surface area contributed by atoms with E-state index in [0.29, 0.717) is 30.3 Å². The molecular formula is C17H20F2N4O. The number of likely N-dealkylation sites (tertiary alicyclic amines) is 1. The van der Waals surface area contributed by atoms with Gasteiger partial charge in [0.1, 0.15) is 11.3 Å². The van der Waals surface area contributed by atoms with E-state index in [1.54, 1.807) is 4.90 Å². The van der Waals surface area contributed by atoms with Gasteiger partial charge in [0.25, 0.3) is 12.3 Å². The molecule has 0 spiro atoms. The van der Waals surface area contributed by atoms with Crippen LogP contribution in [0.15, 0.2) is 12.3 Å². The van der Waals surface area contributed by atoms with E-state index in [9.17, 15) is 13.6 Å². The molecule has 7 heteroatoms. The summed E-state index contributed by atoms with van der Waals surface area (Å²) in [5.74, 6) is 0.536. The molecule has 3 heterocycles. The van der Waals surface area contributed by atoms with Gasteiger partial charge in [0.05, 0.1) is 6.20 Å². The summed E-state index contributed by atoms with van der Waals surface area (Å²) < 4.78 is 27.9. The van der Waals surface area contributed by atoms with Crippen LogP contribution in [0, 0.1) is 5.92 Å². The highest BCUT2D eigenvalue weighted by atomic mass is 19.3. The third-order valence-corrected chi connectivity index (χ3v) is 4.91. The molecule has 2 aromatic heterocycles. The molecule has 1 aliphatic heterocycles. The number of fused-ring (bicyclic) bond motifs is 1. The highest BCUT2D eigenvalue weighted by Crippen LogP contribution is 2.40. The minimum absolute atomic E-state index is 0.155. The Bertz CT molecular complexity index is 784. The first-order chi connectivity index (χ1) is 11.5. The van der Waals surface area contributed by atoms with Gasteiger partial charge in [-0.3, -0.25) is 4.79 Å². The summed E-state index contributed by atoms with van der Waals surface area (Å²) in [5.41, 5.74) is 1.05. The van der Waals surface area contributed by atoms with E-state index in [4.69, 9.17) is 0 Å². The summed E-state index contributed by atoms with van der Waals surface area (Å²) >= 11 is 0. The van der Waals surface area contributed by atoms with Crippen molar-refractivity contribution in [2.75, 3.05) is 13.1 Å². The average molecular weight is 334 g/mol. The average Bonchev–Trinajstić information content (AvgIpc) is 3.33. The summed E-state index contributed by atoms with van der Waals surface area (Å²) in [4.78, 5) is 19.1. The van der Waals surface area contributed by atoms with Gasteiger partial charge in [-0.25, -0.2) is 18.3 Å². The maximum absolute atomic E-state index is 13.4. The Morgan fingerprint density at radius 3 is 2.79 bits per heavy atom. The van der Waals surface area contributed by atoms with Crippen LogP contribution in [0.3, 0.4) is 0 Å². The largest absolute Gasteiger partial charge is 0.338 e. The maximum Gasteiger partial charge on any atom is 0.280 e. The number of amides is 1. The van der Waals surface area contributed by atoms with Crippen LogP contribution in [0.2, 0.25) is 0 Å². The topological polar surface area (TPSA) is 50.5 Å². The van der Waals surface area contributed by atoms with Crippen LogP contribution < -0.4 is 0 Å². The monoisotopic (exact) mass is 334 g/mol. The maximum atomic E-state index is 13.4. The molecule has 24 heavy (non-hydrogen) atoms. The van der Waals surface area contributed by atoms with Gasteiger partial charge in [-0.2, -0.15) is 5.10 Å². The van der Waals surface area contributed by atoms with E-state index < -0.39 is 6.43 Å². The van der Waals surface area contributed by atoms with E-state index in [1.807, 2.05) is 0 Å². The van der Waals surface area contributed by atoms with Crippen LogP contribution >= 0.6 is 0 Å². The summed E-state index contributed by atoms with van der Waals surface area (Å²) in [6.07, 6.45) is 2.74. The Labute approximate surface area is 138 Å². The summed E-state index contributed by atoms with van der Waals surface area (Å²) in [5, 5.41) is 4.02. The molecule has 0 bridgehead atoms.